The van der Waals surface area contributed by atoms with Crippen LogP contribution in [0.5, 0.6) is 0 Å². The first kappa shape index (κ1) is 13.5. The summed E-state index contributed by atoms with van der Waals surface area (Å²) in [6, 6.07) is 6.05. The fraction of sp³-hybridized carbons (Fsp3) is 0.643. The van der Waals surface area contributed by atoms with E-state index < -0.39 is 0 Å². The van der Waals surface area contributed by atoms with Gasteiger partial charge in [-0.15, -0.1) is 0 Å². The zero-order chi connectivity index (χ0) is 12.8. The molecule has 0 saturated carbocycles. The average molecular weight is 249 g/mol. The molecule has 1 aliphatic rings. The maximum absolute atomic E-state index is 5.97. The van der Waals surface area contributed by atoms with Crippen LogP contribution in [0.15, 0.2) is 24.4 Å². The zero-order valence-corrected chi connectivity index (χ0v) is 11.1. The van der Waals surface area contributed by atoms with Crippen LogP contribution in [-0.2, 0) is 11.2 Å². The summed E-state index contributed by atoms with van der Waals surface area (Å²) in [7, 11) is 2.14. The molecule has 2 N–H and O–H groups in total. The number of likely N-dealkylation sites (N-methyl/N-ethyl adjacent to an activating group) is 1. The Hall–Kier alpha value is -0.970. The molecule has 1 saturated heterocycles. The van der Waals surface area contributed by atoms with Gasteiger partial charge in [0, 0.05) is 38.0 Å². The molecule has 2 heterocycles. The van der Waals surface area contributed by atoms with E-state index in [0.717, 1.165) is 44.7 Å². The highest BCUT2D eigenvalue weighted by atomic mass is 16.5. The van der Waals surface area contributed by atoms with Crippen molar-refractivity contribution in [3.8, 4) is 0 Å². The molecule has 1 aromatic heterocycles. The van der Waals surface area contributed by atoms with Gasteiger partial charge in [0.1, 0.15) is 0 Å². The van der Waals surface area contributed by atoms with E-state index in [1.807, 2.05) is 18.3 Å². The predicted octanol–water partition coefficient (Wildman–Crippen LogP) is 1.06. The van der Waals surface area contributed by atoms with Gasteiger partial charge in [0.05, 0.1) is 12.1 Å². The van der Waals surface area contributed by atoms with Crippen LogP contribution < -0.4 is 5.73 Å². The van der Waals surface area contributed by atoms with Crippen molar-refractivity contribution >= 4 is 0 Å². The van der Waals surface area contributed by atoms with Crippen molar-refractivity contribution in [2.24, 2.45) is 5.73 Å². The number of hydrogen-bond acceptors (Lipinski definition) is 4. The van der Waals surface area contributed by atoms with Gasteiger partial charge >= 0.3 is 0 Å². The van der Waals surface area contributed by atoms with Crippen LogP contribution in [0.4, 0.5) is 0 Å². The maximum atomic E-state index is 5.97. The van der Waals surface area contributed by atoms with E-state index in [4.69, 9.17) is 10.5 Å². The summed E-state index contributed by atoms with van der Waals surface area (Å²) in [4.78, 5) is 6.70. The second-order valence-electron chi connectivity index (χ2n) is 5.08. The highest BCUT2D eigenvalue weighted by molar-refractivity contribution is 5.04. The Balaban J connectivity index is 1.91. The Morgan fingerprint density at radius 2 is 2.39 bits per heavy atom. The lowest BCUT2D eigenvalue weighted by atomic mass is 9.90. The summed E-state index contributed by atoms with van der Waals surface area (Å²) < 4.78 is 5.61. The van der Waals surface area contributed by atoms with Crippen molar-refractivity contribution in [1.82, 2.24) is 9.88 Å². The van der Waals surface area contributed by atoms with Crippen LogP contribution in [0.25, 0.3) is 0 Å². The predicted molar refractivity (Wildman–Crippen MR) is 72.4 cm³/mol. The molecule has 2 rings (SSSR count). The molecule has 0 amide bonds. The first-order chi connectivity index (χ1) is 8.77. The molecule has 0 spiro atoms. The minimum absolute atomic E-state index is 0.0209. The van der Waals surface area contributed by atoms with Crippen molar-refractivity contribution in [3.05, 3.63) is 30.1 Å². The van der Waals surface area contributed by atoms with Gasteiger partial charge in [0.25, 0.3) is 0 Å². The summed E-state index contributed by atoms with van der Waals surface area (Å²) in [5, 5.41) is 0. The van der Waals surface area contributed by atoms with E-state index >= 15 is 0 Å². The average Bonchev–Trinajstić information content (AvgIpc) is 2.46. The maximum Gasteiger partial charge on any atom is 0.0662 e. The van der Waals surface area contributed by atoms with Gasteiger partial charge < -0.3 is 10.5 Å². The molecule has 0 aliphatic carbocycles. The van der Waals surface area contributed by atoms with Crippen LogP contribution in [0.1, 0.15) is 18.5 Å². The topological polar surface area (TPSA) is 51.4 Å². The summed E-state index contributed by atoms with van der Waals surface area (Å²) in [5.41, 5.74) is 7.12. The van der Waals surface area contributed by atoms with Gasteiger partial charge in [-0.3, -0.25) is 9.88 Å². The van der Waals surface area contributed by atoms with Crippen molar-refractivity contribution in [1.29, 1.82) is 0 Å². The normalized spacial score (nSPS) is 24.4. The standard InChI is InChI=1S/C14H23N3O/c1-17(9-6-13-5-2-3-8-16-13)14(11-15)7-4-10-18-12-14/h2-3,5,8H,4,6-7,9-12,15H2,1H3. The number of pyridine rings is 1. The Bertz CT molecular complexity index is 349. The van der Waals surface area contributed by atoms with Gasteiger partial charge in [-0.1, -0.05) is 6.07 Å². The van der Waals surface area contributed by atoms with E-state index in [0.29, 0.717) is 6.54 Å². The van der Waals surface area contributed by atoms with Gasteiger partial charge in [-0.25, -0.2) is 0 Å². The summed E-state index contributed by atoms with van der Waals surface area (Å²) in [6.07, 6.45) is 5.03. The van der Waals surface area contributed by atoms with Gasteiger partial charge in [-0.2, -0.15) is 0 Å². The molecule has 0 radical (unpaired) electrons. The second-order valence-corrected chi connectivity index (χ2v) is 5.08. The molecular weight excluding hydrogens is 226 g/mol. The summed E-state index contributed by atoms with van der Waals surface area (Å²) in [5.74, 6) is 0. The van der Waals surface area contributed by atoms with Gasteiger partial charge in [-0.05, 0) is 32.0 Å². The molecule has 4 heteroatoms. The molecule has 1 aromatic rings. The molecule has 1 fully saturated rings. The molecule has 1 atom stereocenters. The fourth-order valence-electron chi connectivity index (χ4n) is 2.52. The monoisotopic (exact) mass is 249 g/mol. The first-order valence-electron chi connectivity index (χ1n) is 6.66. The summed E-state index contributed by atoms with van der Waals surface area (Å²) in [6.45, 7) is 3.25. The SMILES string of the molecule is CN(CCc1ccccn1)C1(CN)CCCOC1. The van der Waals surface area contributed by atoms with Crippen LogP contribution >= 0.6 is 0 Å². The molecular formula is C14H23N3O. The number of nitrogens with two attached hydrogens (primary N) is 1. The number of hydrogen-bond donors (Lipinski definition) is 1. The molecule has 4 nitrogen and oxygen atoms in total. The van der Waals surface area contributed by atoms with Crippen molar-refractivity contribution in [3.63, 3.8) is 0 Å². The molecule has 0 bridgehead atoms. The highest BCUT2D eigenvalue weighted by Crippen LogP contribution is 2.24. The fourth-order valence-corrected chi connectivity index (χ4v) is 2.52. The van der Waals surface area contributed by atoms with Crippen LogP contribution in [0, 0.1) is 0 Å². The zero-order valence-electron chi connectivity index (χ0n) is 11.1. The lowest BCUT2D eigenvalue weighted by Crippen LogP contribution is -2.57. The largest absolute Gasteiger partial charge is 0.379 e. The molecule has 18 heavy (non-hydrogen) atoms. The van der Waals surface area contributed by atoms with Gasteiger partial charge in [0.2, 0.25) is 0 Å². The lowest BCUT2D eigenvalue weighted by Gasteiger charge is -2.43. The number of aromatic nitrogens is 1. The molecule has 1 unspecified atom stereocenters. The minimum Gasteiger partial charge on any atom is -0.379 e. The third-order valence-corrected chi connectivity index (χ3v) is 3.92. The second kappa shape index (κ2) is 6.27. The molecule has 0 aromatic carbocycles. The lowest BCUT2D eigenvalue weighted by molar-refractivity contribution is -0.0337. The third kappa shape index (κ3) is 3.07. The van der Waals surface area contributed by atoms with E-state index in [9.17, 15) is 0 Å². The first-order valence-corrected chi connectivity index (χ1v) is 6.66. The minimum atomic E-state index is 0.0209. The smallest absolute Gasteiger partial charge is 0.0662 e. The van der Waals surface area contributed by atoms with Crippen LogP contribution in [-0.4, -0.2) is 48.8 Å². The Labute approximate surface area is 109 Å². The van der Waals surface area contributed by atoms with E-state index in [-0.39, 0.29) is 5.54 Å². The quantitative estimate of drug-likeness (QED) is 0.848. The molecule has 1 aliphatic heterocycles. The van der Waals surface area contributed by atoms with E-state index in [1.54, 1.807) is 0 Å². The van der Waals surface area contributed by atoms with Gasteiger partial charge in [0.15, 0.2) is 0 Å². The van der Waals surface area contributed by atoms with E-state index in [2.05, 4.69) is 23.0 Å². The Morgan fingerprint density at radius 3 is 3.00 bits per heavy atom. The van der Waals surface area contributed by atoms with Crippen LogP contribution in [0.3, 0.4) is 0 Å². The Kier molecular flexibility index (Phi) is 4.69. The third-order valence-electron chi connectivity index (χ3n) is 3.92. The Morgan fingerprint density at radius 1 is 1.50 bits per heavy atom. The highest BCUT2D eigenvalue weighted by Gasteiger charge is 2.35. The van der Waals surface area contributed by atoms with Crippen molar-refractivity contribution < 1.29 is 4.74 Å². The van der Waals surface area contributed by atoms with Crippen molar-refractivity contribution in [2.45, 2.75) is 24.8 Å². The number of rotatable bonds is 5. The summed E-state index contributed by atoms with van der Waals surface area (Å²) >= 11 is 0. The van der Waals surface area contributed by atoms with E-state index in [1.165, 1.54) is 0 Å². The van der Waals surface area contributed by atoms with Crippen molar-refractivity contribution in [2.75, 3.05) is 33.4 Å². The van der Waals surface area contributed by atoms with Crippen LogP contribution in [0.2, 0.25) is 0 Å². The molecule has 100 valence electrons. The number of nitrogens with zero attached hydrogens (tertiary/aromatic N) is 2. The number of ether oxygens (including phenoxy) is 1.